The molecule has 2 aromatic rings. The van der Waals surface area contributed by atoms with Crippen molar-refractivity contribution in [1.82, 2.24) is 15.3 Å². The van der Waals surface area contributed by atoms with Crippen LogP contribution >= 0.6 is 0 Å². The molecular weight excluding hydrogens is 350 g/mol. The topological polar surface area (TPSA) is 64.1 Å². The quantitative estimate of drug-likeness (QED) is 0.867. The summed E-state index contributed by atoms with van der Waals surface area (Å²) in [6.45, 7) is 8.97. The molecule has 2 aliphatic rings. The zero-order chi connectivity index (χ0) is 20.3. The number of methoxy groups -OCH3 is 1. The number of rotatable bonds is 2. The van der Waals surface area contributed by atoms with Crippen LogP contribution in [0.3, 0.4) is 0 Å². The van der Waals surface area contributed by atoms with E-state index in [1.54, 1.807) is 14.2 Å². The van der Waals surface area contributed by atoms with Gasteiger partial charge in [-0.15, -0.1) is 0 Å². The highest BCUT2D eigenvalue weighted by molar-refractivity contribution is 5.97. The lowest BCUT2D eigenvalue weighted by Gasteiger charge is -2.54. The fourth-order valence-corrected chi connectivity index (χ4v) is 5.77. The minimum atomic E-state index is -0.106. The highest BCUT2D eigenvalue weighted by atomic mass is 16.5. The molecule has 1 N–H and O–H groups in total. The van der Waals surface area contributed by atoms with E-state index in [-0.39, 0.29) is 16.7 Å². The zero-order valence-electron chi connectivity index (χ0n) is 17.6. The van der Waals surface area contributed by atoms with Crippen LogP contribution in [-0.4, -0.2) is 30.0 Å². The maximum atomic E-state index is 12.3. The first-order valence-electron chi connectivity index (χ1n) is 9.99. The lowest BCUT2D eigenvalue weighted by molar-refractivity contribution is 0.0958. The Morgan fingerprint density at radius 1 is 1.25 bits per heavy atom. The van der Waals surface area contributed by atoms with Crippen molar-refractivity contribution in [2.24, 2.45) is 5.92 Å². The Kier molecular flexibility index (Phi) is 4.25. The van der Waals surface area contributed by atoms with Crippen LogP contribution < -0.4 is 10.1 Å². The number of hydrogen-bond donors (Lipinski definition) is 1. The molecule has 148 valence electrons. The van der Waals surface area contributed by atoms with E-state index < -0.39 is 0 Å². The highest BCUT2D eigenvalue weighted by Gasteiger charge is 2.53. The van der Waals surface area contributed by atoms with Crippen LogP contribution in [0.5, 0.6) is 5.75 Å². The van der Waals surface area contributed by atoms with E-state index in [0.717, 1.165) is 25.1 Å². The van der Waals surface area contributed by atoms with Crippen LogP contribution in [0.25, 0.3) is 0 Å². The summed E-state index contributed by atoms with van der Waals surface area (Å²) in [6, 6.07) is 4.13. The highest BCUT2D eigenvalue weighted by Crippen LogP contribution is 2.56. The molecule has 4 rings (SSSR count). The van der Waals surface area contributed by atoms with Gasteiger partial charge in [0.2, 0.25) is 0 Å². The van der Waals surface area contributed by atoms with E-state index in [1.165, 1.54) is 22.4 Å². The van der Waals surface area contributed by atoms with Crippen LogP contribution in [0.4, 0.5) is 0 Å². The van der Waals surface area contributed by atoms with Gasteiger partial charge in [-0.25, -0.2) is 9.97 Å². The summed E-state index contributed by atoms with van der Waals surface area (Å²) in [5, 5.41) is 2.72. The predicted octanol–water partition coefficient (Wildman–Crippen LogP) is 3.51. The summed E-state index contributed by atoms with van der Waals surface area (Å²) >= 11 is 0. The lowest BCUT2D eigenvalue weighted by atomic mass is 9.50. The number of amides is 1. The van der Waals surface area contributed by atoms with Crippen molar-refractivity contribution in [3.05, 3.63) is 52.1 Å². The number of fused-ring (bicyclic) bond motifs is 4. The van der Waals surface area contributed by atoms with Crippen LogP contribution in [0, 0.1) is 12.8 Å². The molecule has 5 nitrogen and oxygen atoms in total. The van der Waals surface area contributed by atoms with Crippen LogP contribution in [0.1, 0.15) is 65.8 Å². The van der Waals surface area contributed by atoms with Crippen LogP contribution in [0.15, 0.2) is 18.3 Å². The van der Waals surface area contributed by atoms with Crippen LogP contribution in [-0.2, 0) is 23.7 Å². The number of carbonyl (C=O) groups excluding carboxylic acids is 1. The summed E-state index contributed by atoms with van der Waals surface area (Å²) in [5.74, 6) is 1.84. The van der Waals surface area contributed by atoms with E-state index in [1.807, 2.05) is 19.2 Å². The number of aromatic nitrogens is 2. The molecule has 0 unspecified atom stereocenters. The SMILES string of the molecule is CNC(=O)c1cc2c(cc1OC)[C@@]1(C)Cc3cnc(C)nc3C(C)(C)[C@@H]1CC2. The molecule has 0 spiro atoms. The molecule has 0 saturated heterocycles. The van der Waals surface area contributed by atoms with E-state index >= 15 is 0 Å². The van der Waals surface area contributed by atoms with Crippen molar-refractivity contribution in [3.8, 4) is 5.75 Å². The Morgan fingerprint density at radius 3 is 2.68 bits per heavy atom. The van der Waals surface area contributed by atoms with E-state index in [4.69, 9.17) is 9.72 Å². The van der Waals surface area contributed by atoms with Crippen molar-refractivity contribution >= 4 is 5.91 Å². The lowest BCUT2D eigenvalue weighted by Crippen LogP contribution is -2.52. The number of hydrogen-bond acceptors (Lipinski definition) is 4. The fourth-order valence-electron chi connectivity index (χ4n) is 5.77. The Labute approximate surface area is 166 Å². The smallest absolute Gasteiger partial charge is 0.254 e. The second-order valence-corrected chi connectivity index (χ2v) is 8.99. The van der Waals surface area contributed by atoms with Crippen LogP contribution in [0.2, 0.25) is 0 Å². The largest absolute Gasteiger partial charge is 0.496 e. The third kappa shape index (κ3) is 2.55. The second kappa shape index (κ2) is 6.29. The average molecular weight is 380 g/mol. The Morgan fingerprint density at radius 2 is 2.00 bits per heavy atom. The first-order valence-corrected chi connectivity index (χ1v) is 9.99. The molecule has 0 bridgehead atoms. The molecule has 28 heavy (non-hydrogen) atoms. The molecule has 0 fully saturated rings. The number of aryl methyl sites for hydroxylation is 2. The minimum absolute atomic E-state index is 0.0412. The molecule has 1 amide bonds. The van der Waals surface area contributed by atoms with Gasteiger partial charge in [0.15, 0.2) is 0 Å². The maximum absolute atomic E-state index is 12.3. The fraction of sp³-hybridized carbons (Fsp3) is 0.522. The summed E-state index contributed by atoms with van der Waals surface area (Å²) in [7, 11) is 3.29. The molecule has 1 heterocycles. The third-order valence-electron chi connectivity index (χ3n) is 7.01. The van der Waals surface area contributed by atoms with Gasteiger partial charge in [-0.1, -0.05) is 20.8 Å². The second-order valence-electron chi connectivity index (χ2n) is 8.99. The number of carbonyl (C=O) groups is 1. The summed E-state index contributed by atoms with van der Waals surface area (Å²) < 4.78 is 5.61. The maximum Gasteiger partial charge on any atom is 0.254 e. The van der Waals surface area contributed by atoms with Crippen molar-refractivity contribution in [2.75, 3.05) is 14.2 Å². The van der Waals surface area contributed by atoms with Gasteiger partial charge >= 0.3 is 0 Å². The van der Waals surface area contributed by atoms with Gasteiger partial charge < -0.3 is 10.1 Å². The Bertz CT molecular complexity index is 967. The van der Waals surface area contributed by atoms with Gasteiger partial charge in [-0.05, 0) is 60.9 Å². The number of benzene rings is 1. The van der Waals surface area contributed by atoms with Gasteiger partial charge in [0.05, 0.1) is 18.4 Å². The predicted molar refractivity (Wildman–Crippen MR) is 109 cm³/mol. The molecule has 0 radical (unpaired) electrons. The molecule has 1 aromatic carbocycles. The first kappa shape index (κ1) is 18.9. The summed E-state index contributed by atoms with van der Waals surface area (Å²) in [5.41, 5.74) is 5.51. The zero-order valence-corrected chi connectivity index (χ0v) is 17.6. The molecule has 0 saturated carbocycles. The number of ether oxygens (including phenoxy) is 1. The van der Waals surface area contributed by atoms with Crippen molar-refractivity contribution < 1.29 is 9.53 Å². The van der Waals surface area contributed by atoms with Gasteiger partial charge in [0.25, 0.3) is 5.91 Å². The first-order chi connectivity index (χ1) is 13.2. The average Bonchev–Trinajstić information content (AvgIpc) is 2.67. The normalized spacial score (nSPS) is 24.6. The number of nitrogens with zero attached hydrogens (tertiary/aromatic N) is 2. The van der Waals surface area contributed by atoms with Gasteiger partial charge in [-0.3, -0.25) is 4.79 Å². The molecule has 1 aromatic heterocycles. The van der Waals surface area contributed by atoms with E-state index in [2.05, 4.69) is 37.1 Å². The molecular formula is C23H29N3O2. The molecule has 2 atom stereocenters. The van der Waals surface area contributed by atoms with Gasteiger partial charge in [0, 0.05) is 24.1 Å². The molecule has 0 aliphatic heterocycles. The summed E-state index contributed by atoms with van der Waals surface area (Å²) in [6.07, 6.45) is 4.96. The number of nitrogens with one attached hydrogen (secondary N) is 1. The van der Waals surface area contributed by atoms with E-state index in [9.17, 15) is 4.79 Å². The summed E-state index contributed by atoms with van der Waals surface area (Å²) in [4.78, 5) is 21.6. The molecule has 2 aliphatic carbocycles. The van der Waals surface area contributed by atoms with Gasteiger partial charge in [-0.2, -0.15) is 0 Å². The standard InChI is InChI=1S/C23H29N3O2/c1-13-25-12-15-11-23(4)17-10-18(28-6)16(21(27)24-5)9-14(17)7-8-19(23)22(2,3)20(15)26-13/h9-10,12,19H,7-8,11H2,1-6H3,(H,24,27)/t19-,23+/m0/s1. The Hall–Kier alpha value is -2.43. The Balaban J connectivity index is 1.91. The van der Waals surface area contributed by atoms with Crippen molar-refractivity contribution in [2.45, 2.75) is 57.8 Å². The molecule has 5 heteroatoms. The van der Waals surface area contributed by atoms with E-state index in [0.29, 0.717) is 17.2 Å². The van der Waals surface area contributed by atoms with Crippen molar-refractivity contribution in [3.63, 3.8) is 0 Å². The minimum Gasteiger partial charge on any atom is -0.496 e. The van der Waals surface area contributed by atoms with Crippen molar-refractivity contribution in [1.29, 1.82) is 0 Å². The van der Waals surface area contributed by atoms with Gasteiger partial charge in [0.1, 0.15) is 11.6 Å². The third-order valence-corrected chi connectivity index (χ3v) is 7.01. The monoisotopic (exact) mass is 379 g/mol.